The maximum atomic E-state index is 12.4. The number of carbonyl (C=O) groups is 2. The van der Waals surface area contributed by atoms with Crippen molar-refractivity contribution in [2.45, 2.75) is 52.5 Å². The smallest absolute Gasteiger partial charge is 0.222 e. The van der Waals surface area contributed by atoms with Gasteiger partial charge in [-0.1, -0.05) is 20.3 Å². The van der Waals surface area contributed by atoms with Gasteiger partial charge >= 0.3 is 0 Å². The number of rotatable bonds is 10. The van der Waals surface area contributed by atoms with E-state index in [-0.39, 0.29) is 11.8 Å². The van der Waals surface area contributed by atoms with Gasteiger partial charge in [0.1, 0.15) is 0 Å². The number of aromatic nitrogens is 2. The molecule has 1 aromatic rings. The van der Waals surface area contributed by atoms with Crippen LogP contribution in [0.15, 0.2) is 17.3 Å². The molecule has 1 saturated heterocycles. The van der Waals surface area contributed by atoms with Crippen LogP contribution in [0.3, 0.4) is 0 Å². The minimum atomic E-state index is 0.206. The molecule has 0 aromatic carbocycles. The lowest BCUT2D eigenvalue weighted by atomic mass is 10.1. The van der Waals surface area contributed by atoms with E-state index < -0.39 is 0 Å². The molecular weight excluding hydrogens is 394 g/mol. The molecule has 2 heterocycles. The Hall–Kier alpha value is -2.58. The van der Waals surface area contributed by atoms with Crippen molar-refractivity contribution in [1.82, 2.24) is 30.2 Å². The highest BCUT2D eigenvalue weighted by atomic mass is 16.2. The van der Waals surface area contributed by atoms with Gasteiger partial charge in [-0.05, 0) is 24.8 Å². The summed E-state index contributed by atoms with van der Waals surface area (Å²) in [4.78, 5) is 32.6. The molecule has 0 spiro atoms. The van der Waals surface area contributed by atoms with Gasteiger partial charge in [-0.2, -0.15) is 5.10 Å². The van der Waals surface area contributed by atoms with Gasteiger partial charge in [0.15, 0.2) is 5.96 Å². The summed E-state index contributed by atoms with van der Waals surface area (Å²) in [5.41, 5.74) is 1.09. The predicted molar refractivity (Wildman–Crippen MR) is 122 cm³/mol. The Morgan fingerprint density at radius 2 is 1.74 bits per heavy atom. The highest BCUT2D eigenvalue weighted by Gasteiger charge is 2.23. The first-order valence-corrected chi connectivity index (χ1v) is 11.4. The molecule has 0 unspecified atom stereocenters. The molecule has 2 N–H and O–H groups in total. The molecular formula is C22H39N7O2. The lowest BCUT2D eigenvalue weighted by molar-refractivity contribution is -0.140. The van der Waals surface area contributed by atoms with Crippen LogP contribution >= 0.6 is 0 Å². The fraction of sp³-hybridized carbons (Fsp3) is 0.727. The first kappa shape index (κ1) is 24.7. The van der Waals surface area contributed by atoms with Crippen molar-refractivity contribution < 1.29 is 9.59 Å². The maximum absolute atomic E-state index is 12.4. The molecule has 1 fully saturated rings. The second kappa shape index (κ2) is 13.0. The monoisotopic (exact) mass is 433 g/mol. The zero-order valence-electron chi connectivity index (χ0n) is 19.6. The van der Waals surface area contributed by atoms with E-state index in [1.54, 1.807) is 13.2 Å². The van der Waals surface area contributed by atoms with Crippen molar-refractivity contribution >= 4 is 17.8 Å². The Bertz CT molecular complexity index is 721. The molecule has 2 rings (SSSR count). The molecule has 0 saturated carbocycles. The quantitative estimate of drug-likeness (QED) is 0.330. The molecule has 2 amide bonds. The first-order chi connectivity index (χ1) is 14.9. The van der Waals surface area contributed by atoms with Gasteiger partial charge in [0.25, 0.3) is 0 Å². The maximum Gasteiger partial charge on any atom is 0.222 e. The minimum absolute atomic E-state index is 0.206. The Morgan fingerprint density at radius 3 is 2.32 bits per heavy atom. The molecule has 1 aliphatic rings. The van der Waals surface area contributed by atoms with Gasteiger partial charge in [-0.25, -0.2) is 0 Å². The molecule has 1 aliphatic heterocycles. The molecule has 1 aromatic heterocycles. The number of guanidine groups is 1. The standard InChI is InChI=1S/C22H39N7O2/c1-18(2)16-21(31)29-14-12-28(13-15-29)20(30)8-6-5-7-10-24-22(23-3)25-17-19-9-11-26-27(19)4/h9,11,18H,5-8,10,12-17H2,1-4H3,(H2,23,24,25). The molecule has 0 radical (unpaired) electrons. The molecule has 9 nitrogen and oxygen atoms in total. The number of amides is 2. The van der Waals surface area contributed by atoms with E-state index >= 15 is 0 Å². The second-order valence-corrected chi connectivity index (χ2v) is 8.47. The van der Waals surface area contributed by atoms with E-state index in [1.807, 2.05) is 27.6 Å². The SMILES string of the molecule is CN=C(NCCCCCC(=O)N1CCN(C(=O)CC(C)C)CC1)NCc1ccnn1C. The lowest BCUT2D eigenvalue weighted by Crippen LogP contribution is -2.50. The third-order valence-electron chi connectivity index (χ3n) is 5.51. The van der Waals surface area contributed by atoms with Crippen LogP contribution in [0.2, 0.25) is 0 Å². The third-order valence-corrected chi connectivity index (χ3v) is 5.51. The summed E-state index contributed by atoms with van der Waals surface area (Å²) in [5.74, 6) is 1.55. The Morgan fingerprint density at radius 1 is 1.06 bits per heavy atom. The fourth-order valence-electron chi connectivity index (χ4n) is 3.60. The largest absolute Gasteiger partial charge is 0.356 e. The number of hydrogen-bond acceptors (Lipinski definition) is 4. The van der Waals surface area contributed by atoms with Crippen LogP contribution in [-0.2, 0) is 23.2 Å². The summed E-state index contributed by atoms with van der Waals surface area (Å²) in [6.07, 6.45) is 5.80. The molecule has 9 heteroatoms. The van der Waals surface area contributed by atoms with Crippen LogP contribution in [-0.4, -0.2) is 77.1 Å². The van der Waals surface area contributed by atoms with Crippen molar-refractivity contribution in [3.63, 3.8) is 0 Å². The normalized spacial score (nSPS) is 14.8. The first-order valence-electron chi connectivity index (χ1n) is 11.4. The Balaban J connectivity index is 1.54. The van der Waals surface area contributed by atoms with Crippen molar-refractivity contribution in [1.29, 1.82) is 0 Å². The molecule has 0 bridgehead atoms. The number of carbonyl (C=O) groups excluding carboxylic acids is 2. The number of unbranched alkanes of at least 4 members (excludes halogenated alkanes) is 2. The van der Waals surface area contributed by atoms with Crippen LogP contribution in [0.25, 0.3) is 0 Å². The number of piperazine rings is 1. The van der Waals surface area contributed by atoms with Crippen molar-refractivity contribution in [2.24, 2.45) is 18.0 Å². The van der Waals surface area contributed by atoms with E-state index in [0.717, 1.165) is 37.5 Å². The van der Waals surface area contributed by atoms with Crippen molar-refractivity contribution in [3.05, 3.63) is 18.0 Å². The number of hydrogen-bond donors (Lipinski definition) is 2. The van der Waals surface area contributed by atoms with Crippen LogP contribution in [0.1, 0.15) is 51.6 Å². The Kier molecular flexibility index (Phi) is 10.3. The summed E-state index contributed by atoms with van der Waals surface area (Å²) in [6.45, 7) is 8.23. The van der Waals surface area contributed by atoms with E-state index in [1.165, 1.54) is 0 Å². The van der Waals surface area contributed by atoms with E-state index in [9.17, 15) is 9.59 Å². The summed E-state index contributed by atoms with van der Waals surface area (Å²) in [5, 5.41) is 10.7. The number of aryl methyl sites for hydroxylation is 1. The Labute approximate surface area is 186 Å². The van der Waals surface area contributed by atoms with Crippen molar-refractivity contribution in [3.8, 4) is 0 Å². The highest BCUT2D eigenvalue weighted by Crippen LogP contribution is 2.10. The van der Waals surface area contributed by atoms with Crippen LogP contribution in [0, 0.1) is 5.92 Å². The topological polar surface area (TPSA) is 94.9 Å². The van der Waals surface area contributed by atoms with E-state index in [0.29, 0.717) is 51.5 Å². The molecule has 31 heavy (non-hydrogen) atoms. The average molecular weight is 434 g/mol. The number of aliphatic imine (C=N–C) groups is 1. The molecule has 174 valence electrons. The minimum Gasteiger partial charge on any atom is -0.356 e. The van der Waals surface area contributed by atoms with Gasteiger partial charge in [0.2, 0.25) is 11.8 Å². The number of nitrogens with one attached hydrogen (secondary N) is 2. The third kappa shape index (κ3) is 8.59. The van der Waals surface area contributed by atoms with Gasteiger partial charge < -0.3 is 20.4 Å². The summed E-state index contributed by atoms with van der Waals surface area (Å²) in [7, 11) is 3.67. The molecule has 0 aliphatic carbocycles. The van der Waals surface area contributed by atoms with Crippen LogP contribution in [0.5, 0.6) is 0 Å². The van der Waals surface area contributed by atoms with Crippen LogP contribution < -0.4 is 10.6 Å². The van der Waals surface area contributed by atoms with E-state index in [2.05, 4.69) is 34.6 Å². The van der Waals surface area contributed by atoms with Crippen molar-refractivity contribution in [2.75, 3.05) is 39.8 Å². The summed E-state index contributed by atoms with van der Waals surface area (Å²) < 4.78 is 1.83. The highest BCUT2D eigenvalue weighted by molar-refractivity contribution is 5.79. The predicted octanol–water partition coefficient (Wildman–Crippen LogP) is 1.36. The summed E-state index contributed by atoms with van der Waals surface area (Å²) >= 11 is 0. The van der Waals surface area contributed by atoms with Gasteiger partial charge in [0.05, 0.1) is 12.2 Å². The van der Waals surface area contributed by atoms with E-state index in [4.69, 9.17) is 0 Å². The van der Waals surface area contributed by atoms with Crippen LogP contribution in [0.4, 0.5) is 0 Å². The van der Waals surface area contributed by atoms with Gasteiger partial charge in [0, 0.05) is 65.9 Å². The second-order valence-electron chi connectivity index (χ2n) is 8.47. The average Bonchev–Trinajstić information content (AvgIpc) is 3.16. The molecule has 0 atom stereocenters. The van der Waals surface area contributed by atoms with Gasteiger partial charge in [-0.3, -0.25) is 19.3 Å². The zero-order valence-corrected chi connectivity index (χ0v) is 19.6. The summed E-state index contributed by atoms with van der Waals surface area (Å²) in [6, 6.07) is 1.97. The fourth-order valence-corrected chi connectivity index (χ4v) is 3.60. The number of nitrogens with zero attached hydrogens (tertiary/aromatic N) is 5. The zero-order chi connectivity index (χ0) is 22.6. The lowest BCUT2D eigenvalue weighted by Gasteiger charge is -2.35. The van der Waals surface area contributed by atoms with Gasteiger partial charge in [-0.15, -0.1) is 0 Å².